The smallest absolute Gasteiger partial charge is 0.119 e. The van der Waals surface area contributed by atoms with Crippen LogP contribution in [0.3, 0.4) is 0 Å². The van der Waals surface area contributed by atoms with Crippen molar-refractivity contribution in [1.29, 1.82) is 0 Å². The van der Waals surface area contributed by atoms with Crippen molar-refractivity contribution >= 4 is 0 Å². The highest BCUT2D eigenvalue weighted by atomic mass is 16.3. The molecule has 0 saturated heterocycles. The lowest BCUT2D eigenvalue weighted by Crippen LogP contribution is -1.84. The Kier molecular flexibility index (Phi) is 2.17. The van der Waals surface area contributed by atoms with Crippen molar-refractivity contribution in [2.75, 3.05) is 0 Å². The molecule has 0 amide bonds. The van der Waals surface area contributed by atoms with E-state index in [0.717, 1.165) is 12.0 Å². The highest BCUT2D eigenvalue weighted by Gasteiger charge is 2.40. The minimum absolute atomic E-state index is 0.436. The Bertz CT molecular complexity index is 490. The zero-order valence-electron chi connectivity index (χ0n) is 9.01. The predicted octanol–water partition coefficient (Wildman–Crippen LogP) is 3.66. The fourth-order valence-corrected chi connectivity index (χ4v) is 2.41. The number of aromatic hydroxyl groups is 1. The maximum Gasteiger partial charge on any atom is 0.119 e. The molecule has 0 radical (unpaired) electrons. The number of hydrogen-bond donors (Lipinski definition) is 1. The summed E-state index contributed by atoms with van der Waals surface area (Å²) in [7, 11) is 0. The van der Waals surface area contributed by atoms with E-state index in [-0.39, 0.29) is 0 Å². The van der Waals surface area contributed by atoms with Gasteiger partial charge in [0, 0.05) is 0 Å². The Morgan fingerprint density at radius 3 is 2.25 bits per heavy atom. The van der Waals surface area contributed by atoms with E-state index >= 15 is 0 Å². The molecule has 1 N–H and O–H groups in total. The van der Waals surface area contributed by atoms with Crippen LogP contribution in [0.15, 0.2) is 54.6 Å². The standard InChI is InChI=1S/C15H14O/c16-15-9-5-4-8-12(15)14-10-13(14)11-6-2-1-3-7-11/h1-9,13-14,16H,10H2/t13-,14-/m0/s1. The third kappa shape index (κ3) is 1.58. The first kappa shape index (κ1) is 9.46. The van der Waals surface area contributed by atoms with Crippen molar-refractivity contribution in [1.82, 2.24) is 0 Å². The molecule has 0 bridgehead atoms. The first-order valence-corrected chi connectivity index (χ1v) is 5.69. The van der Waals surface area contributed by atoms with Crippen molar-refractivity contribution < 1.29 is 5.11 Å². The van der Waals surface area contributed by atoms with Gasteiger partial charge in [0.2, 0.25) is 0 Å². The van der Waals surface area contributed by atoms with Crippen LogP contribution in [0, 0.1) is 0 Å². The molecular formula is C15H14O. The molecule has 1 saturated carbocycles. The highest BCUT2D eigenvalue weighted by molar-refractivity contribution is 5.43. The molecule has 2 aromatic carbocycles. The second-order valence-electron chi connectivity index (χ2n) is 4.42. The molecular weight excluding hydrogens is 196 g/mol. The number of hydrogen-bond acceptors (Lipinski definition) is 1. The van der Waals surface area contributed by atoms with Gasteiger partial charge in [-0.2, -0.15) is 0 Å². The third-order valence-electron chi connectivity index (χ3n) is 3.35. The summed E-state index contributed by atoms with van der Waals surface area (Å²) in [6.07, 6.45) is 1.15. The van der Waals surface area contributed by atoms with Crippen LogP contribution in [0.5, 0.6) is 5.75 Å². The zero-order chi connectivity index (χ0) is 11.0. The van der Waals surface area contributed by atoms with Crippen LogP contribution in [-0.2, 0) is 0 Å². The topological polar surface area (TPSA) is 20.2 Å². The Balaban J connectivity index is 1.85. The number of rotatable bonds is 2. The Labute approximate surface area is 95.4 Å². The summed E-state index contributed by atoms with van der Waals surface area (Å²) in [5, 5.41) is 9.79. The van der Waals surface area contributed by atoms with Gasteiger partial charge >= 0.3 is 0 Å². The fourth-order valence-electron chi connectivity index (χ4n) is 2.41. The molecule has 0 heterocycles. The SMILES string of the molecule is Oc1ccccc1[C@@H]1C[C@H]1c1ccccc1. The van der Waals surface area contributed by atoms with E-state index < -0.39 is 0 Å². The largest absolute Gasteiger partial charge is 0.508 e. The maximum atomic E-state index is 9.79. The van der Waals surface area contributed by atoms with Gasteiger partial charge < -0.3 is 5.11 Å². The summed E-state index contributed by atoms with van der Waals surface area (Å²) in [4.78, 5) is 0. The van der Waals surface area contributed by atoms with E-state index in [1.54, 1.807) is 6.07 Å². The first-order valence-electron chi connectivity index (χ1n) is 5.69. The van der Waals surface area contributed by atoms with Crippen molar-refractivity contribution in [3.63, 3.8) is 0 Å². The minimum atomic E-state index is 0.436. The quantitative estimate of drug-likeness (QED) is 0.802. The lowest BCUT2D eigenvalue weighted by molar-refractivity contribution is 0.468. The van der Waals surface area contributed by atoms with E-state index in [1.165, 1.54) is 5.56 Å². The molecule has 16 heavy (non-hydrogen) atoms. The van der Waals surface area contributed by atoms with Crippen LogP contribution in [0.2, 0.25) is 0 Å². The molecule has 1 aliphatic carbocycles. The van der Waals surface area contributed by atoms with Gasteiger partial charge in [-0.3, -0.25) is 0 Å². The molecule has 0 spiro atoms. The molecule has 1 nitrogen and oxygen atoms in total. The summed E-state index contributed by atoms with van der Waals surface area (Å²) >= 11 is 0. The van der Waals surface area contributed by atoms with Gasteiger partial charge in [0.05, 0.1) is 0 Å². The predicted molar refractivity (Wildman–Crippen MR) is 64.6 cm³/mol. The van der Waals surface area contributed by atoms with Crippen LogP contribution < -0.4 is 0 Å². The molecule has 1 fully saturated rings. The lowest BCUT2D eigenvalue weighted by atomic mass is 10.0. The Morgan fingerprint density at radius 1 is 0.812 bits per heavy atom. The number of benzene rings is 2. The molecule has 3 rings (SSSR count). The van der Waals surface area contributed by atoms with E-state index in [0.29, 0.717) is 17.6 Å². The first-order chi connectivity index (χ1) is 7.86. The van der Waals surface area contributed by atoms with Crippen LogP contribution in [0.1, 0.15) is 29.4 Å². The number of phenols is 1. The number of phenolic OH excluding ortho intramolecular Hbond substituents is 1. The molecule has 2 atom stereocenters. The molecule has 1 aliphatic rings. The Hall–Kier alpha value is -1.76. The van der Waals surface area contributed by atoms with Crippen molar-refractivity contribution in [2.24, 2.45) is 0 Å². The lowest BCUT2D eigenvalue weighted by Gasteiger charge is -2.03. The van der Waals surface area contributed by atoms with E-state index in [2.05, 4.69) is 24.3 Å². The van der Waals surface area contributed by atoms with Gasteiger partial charge in [0.25, 0.3) is 0 Å². The summed E-state index contributed by atoms with van der Waals surface area (Å²) in [5.41, 5.74) is 2.48. The fraction of sp³-hybridized carbons (Fsp3) is 0.200. The van der Waals surface area contributed by atoms with Crippen molar-refractivity contribution in [2.45, 2.75) is 18.3 Å². The van der Waals surface area contributed by atoms with Gasteiger partial charge in [-0.25, -0.2) is 0 Å². The molecule has 0 aliphatic heterocycles. The van der Waals surface area contributed by atoms with Crippen LogP contribution in [0.4, 0.5) is 0 Å². The minimum Gasteiger partial charge on any atom is -0.508 e. The van der Waals surface area contributed by atoms with E-state index in [9.17, 15) is 5.11 Å². The van der Waals surface area contributed by atoms with Gasteiger partial charge in [0.1, 0.15) is 5.75 Å². The zero-order valence-corrected chi connectivity index (χ0v) is 9.01. The normalized spacial score (nSPS) is 23.0. The molecule has 0 unspecified atom stereocenters. The average molecular weight is 210 g/mol. The van der Waals surface area contributed by atoms with Gasteiger partial charge in [-0.05, 0) is 35.4 Å². The van der Waals surface area contributed by atoms with Gasteiger partial charge in [-0.1, -0.05) is 48.5 Å². The van der Waals surface area contributed by atoms with Crippen LogP contribution in [0.25, 0.3) is 0 Å². The third-order valence-corrected chi connectivity index (χ3v) is 3.35. The molecule has 2 aromatic rings. The summed E-state index contributed by atoms with van der Waals surface area (Å²) in [5.74, 6) is 1.53. The maximum absolute atomic E-state index is 9.79. The second kappa shape index (κ2) is 3.67. The number of para-hydroxylation sites is 1. The highest BCUT2D eigenvalue weighted by Crippen LogP contribution is 2.56. The van der Waals surface area contributed by atoms with Crippen molar-refractivity contribution in [3.8, 4) is 5.75 Å². The summed E-state index contributed by atoms with van der Waals surface area (Å²) in [6.45, 7) is 0. The summed E-state index contributed by atoms with van der Waals surface area (Å²) in [6, 6.07) is 18.2. The Morgan fingerprint density at radius 2 is 1.50 bits per heavy atom. The van der Waals surface area contributed by atoms with Gasteiger partial charge in [0.15, 0.2) is 0 Å². The van der Waals surface area contributed by atoms with E-state index in [1.807, 2.05) is 24.3 Å². The van der Waals surface area contributed by atoms with Crippen LogP contribution in [-0.4, -0.2) is 5.11 Å². The second-order valence-corrected chi connectivity index (χ2v) is 4.42. The molecule has 1 heteroatoms. The molecule has 80 valence electrons. The van der Waals surface area contributed by atoms with Crippen molar-refractivity contribution in [3.05, 3.63) is 65.7 Å². The monoisotopic (exact) mass is 210 g/mol. The van der Waals surface area contributed by atoms with Gasteiger partial charge in [-0.15, -0.1) is 0 Å². The summed E-state index contributed by atoms with van der Waals surface area (Å²) < 4.78 is 0. The van der Waals surface area contributed by atoms with E-state index in [4.69, 9.17) is 0 Å². The molecule has 0 aromatic heterocycles. The average Bonchev–Trinajstić information content (AvgIpc) is 3.11. The van der Waals surface area contributed by atoms with Crippen LogP contribution >= 0.6 is 0 Å².